The summed E-state index contributed by atoms with van der Waals surface area (Å²) < 4.78 is 0. The van der Waals surface area contributed by atoms with E-state index in [2.05, 4.69) is 34.1 Å². The number of aliphatic hydroxyl groups excluding tert-OH is 1. The Bertz CT molecular complexity index is 1030. The van der Waals surface area contributed by atoms with Crippen molar-refractivity contribution in [2.45, 2.75) is 43.7 Å². The van der Waals surface area contributed by atoms with Gasteiger partial charge in [0.25, 0.3) is 5.91 Å². The van der Waals surface area contributed by atoms with Crippen molar-refractivity contribution in [1.82, 2.24) is 14.7 Å². The summed E-state index contributed by atoms with van der Waals surface area (Å²) in [5.74, 6) is 0.810. The number of fused-ring (bicyclic) bond motifs is 1. The fourth-order valence-corrected chi connectivity index (χ4v) is 5.69. The van der Waals surface area contributed by atoms with E-state index in [0.717, 1.165) is 56.4 Å². The van der Waals surface area contributed by atoms with Crippen LogP contribution < -0.4 is 0 Å². The van der Waals surface area contributed by atoms with Crippen LogP contribution in [0.1, 0.15) is 47.5 Å². The molecule has 180 valence electrons. The van der Waals surface area contributed by atoms with Crippen molar-refractivity contribution < 1.29 is 14.7 Å². The number of hydrogen-bond donors (Lipinski definition) is 1. The normalized spacial score (nSPS) is 25.0. The Morgan fingerprint density at radius 1 is 0.941 bits per heavy atom. The number of benzene rings is 2. The van der Waals surface area contributed by atoms with Crippen LogP contribution in [0.15, 0.2) is 48.5 Å². The molecule has 2 heterocycles. The molecule has 0 radical (unpaired) electrons. The van der Waals surface area contributed by atoms with Crippen molar-refractivity contribution in [2.75, 3.05) is 40.3 Å². The maximum absolute atomic E-state index is 12.8. The van der Waals surface area contributed by atoms with Crippen LogP contribution in [0.3, 0.4) is 0 Å². The van der Waals surface area contributed by atoms with Gasteiger partial charge in [-0.2, -0.15) is 0 Å². The number of carbonyl (C=O) groups excluding carboxylic acids is 2. The smallest absolute Gasteiger partial charge is 0.253 e. The van der Waals surface area contributed by atoms with Crippen molar-refractivity contribution in [3.05, 3.63) is 59.7 Å². The van der Waals surface area contributed by atoms with Crippen LogP contribution in [0.5, 0.6) is 0 Å². The van der Waals surface area contributed by atoms with Crippen molar-refractivity contribution in [3.8, 4) is 11.1 Å². The molecule has 1 saturated carbocycles. The molecular formula is C28H35N3O3. The number of hydrogen-bond acceptors (Lipinski definition) is 4. The Labute approximate surface area is 202 Å². The number of amides is 2. The van der Waals surface area contributed by atoms with Gasteiger partial charge in [0.15, 0.2) is 0 Å². The minimum Gasteiger partial charge on any atom is -0.395 e. The number of nitrogens with zero attached hydrogens (tertiary/aromatic N) is 3. The molecule has 3 fully saturated rings. The van der Waals surface area contributed by atoms with Crippen LogP contribution in [0, 0.1) is 5.92 Å². The van der Waals surface area contributed by atoms with Gasteiger partial charge in [0.05, 0.1) is 6.61 Å². The summed E-state index contributed by atoms with van der Waals surface area (Å²) in [6, 6.07) is 16.7. The van der Waals surface area contributed by atoms with E-state index in [1.54, 1.807) is 19.0 Å². The highest BCUT2D eigenvalue weighted by molar-refractivity contribution is 5.94. The van der Waals surface area contributed by atoms with Crippen LogP contribution in [0.4, 0.5) is 0 Å². The predicted molar refractivity (Wildman–Crippen MR) is 133 cm³/mol. The molecule has 0 bridgehead atoms. The third-order valence-electron chi connectivity index (χ3n) is 7.78. The monoisotopic (exact) mass is 461 g/mol. The average molecular weight is 462 g/mol. The van der Waals surface area contributed by atoms with E-state index in [1.807, 2.05) is 24.3 Å². The number of aliphatic hydroxyl groups is 1. The molecule has 3 atom stereocenters. The molecule has 2 saturated heterocycles. The largest absolute Gasteiger partial charge is 0.395 e. The zero-order valence-corrected chi connectivity index (χ0v) is 20.2. The molecule has 2 aromatic carbocycles. The van der Waals surface area contributed by atoms with Crippen LogP contribution in [0.25, 0.3) is 11.1 Å². The number of rotatable bonds is 5. The average Bonchev–Trinajstić information content (AvgIpc) is 3.68. The Balaban J connectivity index is 1.34. The van der Waals surface area contributed by atoms with Gasteiger partial charge in [-0.25, -0.2) is 0 Å². The molecular weight excluding hydrogens is 426 g/mol. The molecule has 0 aromatic heterocycles. The maximum Gasteiger partial charge on any atom is 0.253 e. The molecule has 6 nitrogen and oxygen atoms in total. The Morgan fingerprint density at radius 3 is 2.15 bits per heavy atom. The summed E-state index contributed by atoms with van der Waals surface area (Å²) >= 11 is 0. The second-order valence-corrected chi connectivity index (χ2v) is 10.2. The first-order chi connectivity index (χ1) is 16.5. The van der Waals surface area contributed by atoms with Crippen LogP contribution in [-0.4, -0.2) is 84.0 Å². The van der Waals surface area contributed by atoms with Gasteiger partial charge in [0.2, 0.25) is 5.91 Å². The summed E-state index contributed by atoms with van der Waals surface area (Å²) in [6.07, 6.45) is 4.19. The molecule has 6 heteroatoms. The molecule has 0 unspecified atom stereocenters. The highest BCUT2D eigenvalue weighted by atomic mass is 16.3. The van der Waals surface area contributed by atoms with Gasteiger partial charge in [0, 0.05) is 56.7 Å². The SMILES string of the molecule is CN(C)C(=O)c1ccc(-c2ccc([C@H]3[C@@H](CO)N4CCCCN(C(=O)C5CC5)C[C@@H]34)cc2)cc1. The first-order valence-corrected chi connectivity index (χ1v) is 12.6. The quantitative estimate of drug-likeness (QED) is 0.743. The van der Waals surface area contributed by atoms with Crippen molar-refractivity contribution in [3.63, 3.8) is 0 Å². The molecule has 3 aliphatic rings. The maximum atomic E-state index is 12.8. The van der Waals surface area contributed by atoms with Gasteiger partial charge in [-0.1, -0.05) is 36.4 Å². The highest BCUT2D eigenvalue weighted by Crippen LogP contribution is 2.43. The first kappa shape index (κ1) is 23.1. The van der Waals surface area contributed by atoms with Crippen LogP contribution >= 0.6 is 0 Å². The van der Waals surface area contributed by atoms with E-state index in [1.165, 1.54) is 5.56 Å². The van der Waals surface area contributed by atoms with Gasteiger partial charge in [-0.05, 0) is 61.1 Å². The van der Waals surface area contributed by atoms with Crippen LogP contribution in [0.2, 0.25) is 0 Å². The van der Waals surface area contributed by atoms with E-state index in [-0.39, 0.29) is 36.4 Å². The van der Waals surface area contributed by atoms with E-state index in [0.29, 0.717) is 11.5 Å². The minimum absolute atomic E-state index is 0.0000999. The summed E-state index contributed by atoms with van der Waals surface area (Å²) in [5, 5.41) is 10.2. The van der Waals surface area contributed by atoms with Crippen molar-refractivity contribution >= 4 is 11.8 Å². The van der Waals surface area contributed by atoms with Gasteiger partial charge < -0.3 is 14.9 Å². The van der Waals surface area contributed by atoms with Gasteiger partial charge >= 0.3 is 0 Å². The lowest BCUT2D eigenvalue weighted by Crippen LogP contribution is -2.68. The standard InChI is InChI=1S/C28H35N3O3/c1-29(2)27(33)22-11-7-20(8-12-22)19-5-9-21(10-6-19)26-24-17-30(28(34)23-13-14-23)15-3-4-16-31(24)25(26)18-32/h5-12,23-26,32H,3-4,13-18H2,1-2H3/t24-,25+,26+/m0/s1. The van der Waals surface area contributed by atoms with Gasteiger partial charge in [0.1, 0.15) is 0 Å². The van der Waals surface area contributed by atoms with E-state index >= 15 is 0 Å². The summed E-state index contributed by atoms with van der Waals surface area (Å²) in [5.41, 5.74) is 4.08. The molecule has 2 amide bonds. The second kappa shape index (κ2) is 9.51. The Morgan fingerprint density at radius 2 is 1.56 bits per heavy atom. The lowest BCUT2D eigenvalue weighted by Gasteiger charge is -2.57. The topological polar surface area (TPSA) is 64.1 Å². The fraction of sp³-hybridized carbons (Fsp3) is 0.500. The molecule has 5 rings (SSSR count). The van der Waals surface area contributed by atoms with Gasteiger partial charge in [-0.15, -0.1) is 0 Å². The molecule has 2 aliphatic heterocycles. The van der Waals surface area contributed by atoms with Crippen LogP contribution in [-0.2, 0) is 4.79 Å². The van der Waals surface area contributed by atoms with E-state index < -0.39 is 0 Å². The fourth-order valence-electron chi connectivity index (χ4n) is 5.69. The lowest BCUT2D eigenvalue weighted by atomic mass is 9.74. The van der Waals surface area contributed by atoms with Crippen molar-refractivity contribution in [1.29, 1.82) is 0 Å². The zero-order valence-electron chi connectivity index (χ0n) is 20.2. The molecule has 1 aliphatic carbocycles. The molecule has 1 N–H and O–H groups in total. The second-order valence-electron chi connectivity index (χ2n) is 10.2. The Hall–Kier alpha value is -2.70. The third-order valence-corrected chi connectivity index (χ3v) is 7.78. The zero-order chi connectivity index (χ0) is 23.8. The minimum atomic E-state index is -0.0000999. The van der Waals surface area contributed by atoms with E-state index in [9.17, 15) is 14.7 Å². The summed E-state index contributed by atoms with van der Waals surface area (Å²) in [6.45, 7) is 2.76. The number of carbonyl (C=O) groups is 2. The molecule has 2 aromatic rings. The van der Waals surface area contributed by atoms with Crippen molar-refractivity contribution in [2.24, 2.45) is 5.92 Å². The Kier molecular flexibility index (Phi) is 6.45. The molecule has 34 heavy (non-hydrogen) atoms. The highest BCUT2D eigenvalue weighted by Gasteiger charge is 2.50. The van der Waals surface area contributed by atoms with Gasteiger partial charge in [-0.3, -0.25) is 14.5 Å². The first-order valence-electron chi connectivity index (χ1n) is 12.6. The summed E-state index contributed by atoms with van der Waals surface area (Å²) in [7, 11) is 3.51. The predicted octanol–water partition coefficient (Wildman–Crippen LogP) is 3.22. The molecule has 0 spiro atoms. The third kappa shape index (κ3) is 4.37. The lowest BCUT2D eigenvalue weighted by molar-refractivity contribution is -0.137. The summed E-state index contributed by atoms with van der Waals surface area (Å²) in [4.78, 5) is 31.1. The van der Waals surface area contributed by atoms with E-state index in [4.69, 9.17) is 0 Å².